The Labute approximate surface area is 153 Å². The van der Waals surface area contributed by atoms with Crippen LogP contribution in [0.5, 0.6) is 11.5 Å². The third-order valence-corrected chi connectivity index (χ3v) is 3.85. The van der Waals surface area contributed by atoms with Crippen molar-refractivity contribution >= 4 is 0 Å². The second-order valence-electron chi connectivity index (χ2n) is 5.99. The van der Waals surface area contributed by atoms with Gasteiger partial charge in [0.15, 0.2) is 11.5 Å². The van der Waals surface area contributed by atoms with Crippen molar-refractivity contribution in [3.63, 3.8) is 0 Å². The molecular formula is C19H29NO3. The van der Waals surface area contributed by atoms with E-state index < -0.39 is 56.1 Å². The zero-order valence-corrected chi connectivity index (χ0v) is 13.7. The summed E-state index contributed by atoms with van der Waals surface area (Å²) < 4.78 is 97.4. The molecule has 1 N–H and O–H groups in total. The molecule has 4 nitrogen and oxygen atoms in total. The van der Waals surface area contributed by atoms with Gasteiger partial charge in [0.05, 0.1) is 21.7 Å². The second kappa shape index (κ2) is 6.70. The molecule has 1 saturated heterocycles. The number of ether oxygens (including phenoxy) is 2. The molecule has 2 aliphatic heterocycles. The predicted molar refractivity (Wildman–Crippen MR) is 91.1 cm³/mol. The predicted octanol–water partition coefficient (Wildman–Crippen LogP) is 3.03. The molecule has 0 bridgehead atoms. The number of benzene rings is 1. The lowest BCUT2D eigenvalue weighted by Crippen LogP contribution is -2.48. The van der Waals surface area contributed by atoms with E-state index >= 15 is 0 Å². The molecule has 1 aromatic rings. The molecule has 0 aromatic heterocycles. The normalized spacial score (nSPS) is 49.0. The molecule has 1 aromatic carbocycles. The first-order chi connectivity index (χ1) is 14.8. The Kier molecular flexibility index (Phi) is 2.39. The highest BCUT2D eigenvalue weighted by Gasteiger charge is 2.38. The van der Waals surface area contributed by atoms with Gasteiger partial charge in [-0.2, -0.15) is 0 Å². The molecule has 4 heteroatoms. The maximum absolute atomic E-state index is 11.2. The highest BCUT2D eigenvalue weighted by molar-refractivity contribution is 5.49. The van der Waals surface area contributed by atoms with Crippen LogP contribution in [-0.4, -0.2) is 43.3 Å². The highest BCUT2D eigenvalue weighted by Crippen LogP contribution is 2.43. The lowest BCUT2D eigenvalue weighted by molar-refractivity contribution is -0.0191. The summed E-state index contributed by atoms with van der Waals surface area (Å²) in [6.45, 7) is -3.09. The largest absolute Gasteiger partial charge is 0.493 e. The van der Waals surface area contributed by atoms with Gasteiger partial charge in [-0.1, -0.05) is 13.8 Å². The van der Waals surface area contributed by atoms with Crippen LogP contribution >= 0.6 is 0 Å². The molecule has 0 unspecified atom stereocenters. The quantitative estimate of drug-likeness (QED) is 0.922. The molecule has 2 heterocycles. The van der Waals surface area contributed by atoms with Crippen molar-refractivity contribution < 1.29 is 28.3 Å². The van der Waals surface area contributed by atoms with E-state index in [1.807, 2.05) is 0 Å². The SMILES string of the molecule is [2H]C1([2H])c2cc(OC)c(OC)cc2[C@H]2N(C1([2H])[2H])C([2H])([2H])[C@]([2H])(CC(C)C)[C@]([2H])(O)C2([2H])[2H]. The third-order valence-electron chi connectivity index (χ3n) is 3.85. The smallest absolute Gasteiger partial charge is 0.161 e. The van der Waals surface area contributed by atoms with Crippen LogP contribution < -0.4 is 9.47 Å². The van der Waals surface area contributed by atoms with E-state index in [-0.39, 0.29) is 22.6 Å². The fourth-order valence-electron chi connectivity index (χ4n) is 2.75. The molecule has 0 aliphatic carbocycles. The van der Waals surface area contributed by atoms with Crippen molar-refractivity contribution in [1.82, 2.24) is 4.90 Å². The minimum absolute atomic E-state index is 0.0551. The minimum atomic E-state index is -3.32. The van der Waals surface area contributed by atoms with Gasteiger partial charge in [-0.3, -0.25) is 4.90 Å². The summed E-state index contributed by atoms with van der Waals surface area (Å²) in [6, 6.07) is 0.422. The topological polar surface area (TPSA) is 41.9 Å². The van der Waals surface area contributed by atoms with Crippen molar-refractivity contribution in [3.8, 4) is 11.5 Å². The van der Waals surface area contributed by atoms with Crippen LogP contribution in [0.3, 0.4) is 0 Å². The minimum Gasteiger partial charge on any atom is -0.493 e. The summed E-state index contributed by atoms with van der Waals surface area (Å²) in [4.78, 5) is 0.354. The summed E-state index contributed by atoms with van der Waals surface area (Å²) in [7, 11) is 2.59. The van der Waals surface area contributed by atoms with Gasteiger partial charge in [-0.25, -0.2) is 0 Å². The molecule has 0 amide bonds. The lowest BCUT2D eigenvalue weighted by atomic mass is 9.79. The number of hydrogen-bond donors (Lipinski definition) is 1. The van der Waals surface area contributed by atoms with Gasteiger partial charge in [0.2, 0.25) is 0 Å². The molecule has 128 valence electrons. The Bertz CT molecular complexity index is 952. The molecule has 2 aliphatic rings. The van der Waals surface area contributed by atoms with Crippen LogP contribution in [0.15, 0.2) is 12.1 Å². The number of rotatable bonds is 4. The van der Waals surface area contributed by atoms with Crippen molar-refractivity contribution in [2.45, 2.75) is 45.1 Å². The summed E-state index contributed by atoms with van der Waals surface area (Å²) in [5.41, 5.74) is -0.512. The van der Waals surface area contributed by atoms with Crippen molar-refractivity contribution in [1.29, 1.82) is 0 Å². The van der Waals surface area contributed by atoms with Crippen LogP contribution in [0.2, 0.25) is 0 Å². The molecule has 23 heavy (non-hydrogen) atoms. The molecule has 0 spiro atoms. The fraction of sp³-hybridized carbons (Fsp3) is 0.684. The van der Waals surface area contributed by atoms with Crippen LogP contribution in [0.4, 0.5) is 0 Å². The molecule has 3 rings (SSSR count). The third kappa shape index (κ3) is 3.20. The van der Waals surface area contributed by atoms with Crippen LogP contribution in [0.25, 0.3) is 0 Å². The van der Waals surface area contributed by atoms with Crippen molar-refractivity contribution in [2.75, 3.05) is 27.2 Å². The van der Waals surface area contributed by atoms with Crippen LogP contribution in [-0.2, 0) is 6.37 Å². The second-order valence-corrected chi connectivity index (χ2v) is 5.99. The number of aliphatic hydroxyl groups is 1. The van der Waals surface area contributed by atoms with Crippen molar-refractivity contribution in [2.24, 2.45) is 11.8 Å². The molecule has 0 saturated carbocycles. The fourth-order valence-corrected chi connectivity index (χ4v) is 2.75. The first-order valence-electron chi connectivity index (χ1n) is 12.6. The van der Waals surface area contributed by atoms with Crippen LogP contribution in [0.1, 0.15) is 57.5 Å². The number of hydrogen-bond acceptors (Lipinski definition) is 4. The monoisotopic (exact) mass is 329 g/mol. The van der Waals surface area contributed by atoms with E-state index in [0.29, 0.717) is 4.90 Å². The summed E-state index contributed by atoms with van der Waals surface area (Å²) >= 11 is 0. The number of fused-ring (bicyclic) bond motifs is 3. The van der Waals surface area contributed by atoms with Crippen LogP contribution in [0, 0.1) is 11.8 Å². The Balaban J connectivity index is 2.47. The van der Waals surface area contributed by atoms with Gasteiger partial charge in [-0.05, 0) is 54.2 Å². The van der Waals surface area contributed by atoms with Gasteiger partial charge in [-0.15, -0.1) is 0 Å². The summed E-state index contributed by atoms with van der Waals surface area (Å²) in [6.07, 6.45) is -9.76. The van der Waals surface area contributed by atoms with E-state index in [1.165, 1.54) is 20.3 Å². The summed E-state index contributed by atoms with van der Waals surface area (Å²) in [5, 5.41) is 11.2. The average Bonchev–Trinajstić information content (AvgIpc) is 2.67. The van der Waals surface area contributed by atoms with E-state index in [1.54, 1.807) is 13.8 Å². The Morgan fingerprint density at radius 1 is 1.35 bits per heavy atom. The molecule has 1 fully saturated rings. The Morgan fingerprint density at radius 2 is 2.04 bits per heavy atom. The molecular weight excluding hydrogens is 290 g/mol. The van der Waals surface area contributed by atoms with E-state index in [0.717, 1.165) is 6.07 Å². The Hall–Kier alpha value is -1.26. The standard InChI is InChI=1S/C19H29NO3/c1-12(2)7-14-11-20-6-5-13-8-18(22-3)19(23-4)9-15(13)16(20)10-17(14)21/h8-9,12,14,16-17,21H,5-7,10-11H2,1-4H3/t14-,16-,17+/m0/s1/i5D2,6D2,10D2,11D2,14D,17D. The van der Waals surface area contributed by atoms with Gasteiger partial charge >= 0.3 is 0 Å². The van der Waals surface area contributed by atoms with Crippen molar-refractivity contribution in [3.05, 3.63) is 23.3 Å². The zero-order valence-electron chi connectivity index (χ0n) is 23.7. The average molecular weight is 330 g/mol. The summed E-state index contributed by atoms with van der Waals surface area (Å²) in [5.74, 6) is -3.19. The van der Waals surface area contributed by atoms with E-state index in [9.17, 15) is 5.11 Å². The molecule has 3 atom stereocenters. The van der Waals surface area contributed by atoms with E-state index in [4.69, 9.17) is 23.2 Å². The maximum Gasteiger partial charge on any atom is 0.161 e. The Morgan fingerprint density at radius 3 is 2.70 bits per heavy atom. The first-order valence-corrected chi connectivity index (χ1v) is 7.55. The van der Waals surface area contributed by atoms with Gasteiger partial charge in [0.25, 0.3) is 0 Å². The number of piperidine rings is 1. The first kappa shape index (κ1) is 8.21. The van der Waals surface area contributed by atoms with Gasteiger partial charge in [0, 0.05) is 31.4 Å². The van der Waals surface area contributed by atoms with E-state index in [2.05, 4.69) is 0 Å². The van der Waals surface area contributed by atoms with Gasteiger partial charge in [0.1, 0.15) is 0 Å². The highest BCUT2D eigenvalue weighted by atomic mass is 16.5. The lowest BCUT2D eigenvalue weighted by Gasteiger charge is -2.46. The zero-order chi connectivity index (χ0) is 25.6. The number of methoxy groups -OCH3 is 2. The van der Waals surface area contributed by atoms with Gasteiger partial charge < -0.3 is 14.6 Å². The molecule has 0 radical (unpaired) electrons. The number of aryl methyl sites for hydroxylation is 1. The number of nitrogens with zero attached hydrogens (tertiary/aromatic N) is 1. The maximum atomic E-state index is 11.2.